The van der Waals surface area contributed by atoms with E-state index in [1.807, 2.05) is 0 Å². The van der Waals surface area contributed by atoms with E-state index in [-0.39, 0.29) is 17.8 Å². The van der Waals surface area contributed by atoms with Crippen LogP contribution in [0, 0.1) is 5.82 Å². The van der Waals surface area contributed by atoms with Crippen LogP contribution in [0.3, 0.4) is 0 Å². The summed E-state index contributed by atoms with van der Waals surface area (Å²) in [6.45, 7) is 0.0241. The van der Waals surface area contributed by atoms with Crippen molar-refractivity contribution in [1.82, 2.24) is 0 Å². The molecule has 1 aliphatic rings. The zero-order chi connectivity index (χ0) is 11.6. The van der Waals surface area contributed by atoms with Gasteiger partial charge in [0.05, 0.1) is 13.7 Å². The van der Waals surface area contributed by atoms with Gasteiger partial charge in [-0.05, 0) is 24.5 Å². The first kappa shape index (κ1) is 11.4. The van der Waals surface area contributed by atoms with Gasteiger partial charge < -0.3 is 9.84 Å². The van der Waals surface area contributed by atoms with E-state index >= 15 is 0 Å². The Morgan fingerprint density at radius 1 is 1.38 bits per heavy atom. The highest BCUT2D eigenvalue weighted by atomic mass is 19.1. The number of hydrogen-bond donors (Lipinski definition) is 1. The molecule has 1 N–H and O–H groups in total. The van der Waals surface area contributed by atoms with Gasteiger partial charge in [0, 0.05) is 11.5 Å². The molecule has 0 bridgehead atoms. The summed E-state index contributed by atoms with van der Waals surface area (Å²) in [7, 11) is 1.52. The lowest BCUT2D eigenvalue weighted by Gasteiger charge is -2.27. The molecule has 2 rings (SSSR count). The van der Waals surface area contributed by atoms with Gasteiger partial charge in [-0.1, -0.05) is 18.9 Å². The molecule has 3 heteroatoms. The molecule has 0 saturated heterocycles. The topological polar surface area (TPSA) is 29.5 Å². The third-order valence-electron chi connectivity index (χ3n) is 3.61. The summed E-state index contributed by atoms with van der Waals surface area (Å²) in [6, 6.07) is 4.90. The normalized spacial score (nSPS) is 18.7. The number of aliphatic hydroxyl groups excluding tert-OH is 1. The molecule has 1 aromatic rings. The third-order valence-corrected chi connectivity index (χ3v) is 3.61. The number of rotatable bonds is 3. The maximum absolute atomic E-state index is 13.9. The summed E-state index contributed by atoms with van der Waals surface area (Å²) in [5.74, 6) is 0.252. The fourth-order valence-electron chi connectivity index (χ4n) is 2.62. The number of benzene rings is 1. The molecule has 16 heavy (non-hydrogen) atoms. The van der Waals surface area contributed by atoms with E-state index in [1.54, 1.807) is 12.1 Å². The Morgan fingerprint density at radius 3 is 2.56 bits per heavy atom. The minimum atomic E-state index is -0.365. The van der Waals surface area contributed by atoms with Crippen LogP contribution in [0.4, 0.5) is 4.39 Å². The first-order chi connectivity index (χ1) is 7.72. The fourth-order valence-corrected chi connectivity index (χ4v) is 2.62. The number of halogens is 1. The molecular formula is C13H17FO2. The summed E-state index contributed by atoms with van der Waals surface area (Å²) in [6.07, 6.45) is 3.86. The minimum Gasteiger partial charge on any atom is -0.497 e. The van der Waals surface area contributed by atoms with Crippen molar-refractivity contribution in [3.8, 4) is 5.75 Å². The van der Waals surface area contributed by atoms with Crippen LogP contribution >= 0.6 is 0 Å². The van der Waals surface area contributed by atoms with Crippen molar-refractivity contribution in [3.63, 3.8) is 0 Å². The molecule has 0 radical (unpaired) electrons. The highest BCUT2D eigenvalue weighted by Gasteiger charge is 2.37. The summed E-state index contributed by atoms with van der Waals surface area (Å²) >= 11 is 0. The van der Waals surface area contributed by atoms with Crippen LogP contribution in [-0.2, 0) is 5.41 Å². The van der Waals surface area contributed by atoms with Gasteiger partial charge in [-0.2, -0.15) is 0 Å². The Labute approximate surface area is 95.1 Å². The van der Waals surface area contributed by atoms with Crippen LogP contribution < -0.4 is 4.74 Å². The molecule has 88 valence electrons. The second-order valence-electron chi connectivity index (χ2n) is 4.49. The van der Waals surface area contributed by atoms with Crippen LogP contribution in [0.2, 0.25) is 0 Å². The number of methoxy groups -OCH3 is 1. The zero-order valence-electron chi connectivity index (χ0n) is 9.50. The molecular weight excluding hydrogens is 207 g/mol. The molecule has 1 aliphatic carbocycles. The van der Waals surface area contributed by atoms with Gasteiger partial charge >= 0.3 is 0 Å². The van der Waals surface area contributed by atoms with Gasteiger partial charge in [0.25, 0.3) is 0 Å². The second kappa shape index (κ2) is 4.42. The SMILES string of the molecule is COc1ccc(C2(CO)CCCC2)c(F)c1. The number of ether oxygens (including phenoxy) is 1. The fraction of sp³-hybridized carbons (Fsp3) is 0.538. The largest absolute Gasteiger partial charge is 0.497 e. The van der Waals surface area contributed by atoms with E-state index in [0.717, 1.165) is 25.7 Å². The van der Waals surface area contributed by atoms with Crippen molar-refractivity contribution in [2.24, 2.45) is 0 Å². The molecule has 0 spiro atoms. The van der Waals surface area contributed by atoms with Crippen molar-refractivity contribution in [1.29, 1.82) is 0 Å². The van der Waals surface area contributed by atoms with Gasteiger partial charge in [0.1, 0.15) is 11.6 Å². The molecule has 1 aromatic carbocycles. The van der Waals surface area contributed by atoms with E-state index in [9.17, 15) is 9.50 Å². The molecule has 0 amide bonds. The van der Waals surface area contributed by atoms with Crippen LogP contribution in [0.5, 0.6) is 5.75 Å². The van der Waals surface area contributed by atoms with E-state index in [0.29, 0.717) is 11.3 Å². The number of aliphatic hydroxyl groups is 1. The molecule has 0 atom stereocenters. The summed E-state index contributed by atoms with van der Waals surface area (Å²) in [4.78, 5) is 0. The molecule has 0 aliphatic heterocycles. The Kier molecular flexibility index (Phi) is 3.15. The highest BCUT2D eigenvalue weighted by Crippen LogP contribution is 2.42. The summed E-state index contributed by atoms with van der Waals surface area (Å²) in [5, 5.41) is 9.52. The summed E-state index contributed by atoms with van der Waals surface area (Å²) in [5.41, 5.74) is 0.268. The lowest BCUT2D eigenvalue weighted by molar-refractivity contribution is 0.192. The van der Waals surface area contributed by atoms with E-state index < -0.39 is 0 Å². The van der Waals surface area contributed by atoms with Gasteiger partial charge in [0.15, 0.2) is 0 Å². The Hall–Kier alpha value is -1.09. The van der Waals surface area contributed by atoms with Gasteiger partial charge in [-0.3, -0.25) is 0 Å². The smallest absolute Gasteiger partial charge is 0.130 e. The van der Waals surface area contributed by atoms with Crippen molar-refractivity contribution >= 4 is 0 Å². The monoisotopic (exact) mass is 224 g/mol. The second-order valence-corrected chi connectivity index (χ2v) is 4.49. The Balaban J connectivity index is 2.38. The van der Waals surface area contributed by atoms with Crippen molar-refractivity contribution in [2.45, 2.75) is 31.1 Å². The highest BCUT2D eigenvalue weighted by molar-refractivity contribution is 5.34. The minimum absolute atomic E-state index is 0.0241. The van der Waals surface area contributed by atoms with Gasteiger partial charge in [-0.15, -0.1) is 0 Å². The molecule has 0 aromatic heterocycles. The number of hydrogen-bond acceptors (Lipinski definition) is 2. The quantitative estimate of drug-likeness (QED) is 0.855. The first-order valence-corrected chi connectivity index (χ1v) is 5.67. The Bertz CT molecular complexity index is 370. The first-order valence-electron chi connectivity index (χ1n) is 5.67. The standard InChI is InChI=1S/C13H17FO2/c1-16-10-4-5-11(12(14)8-10)13(9-15)6-2-3-7-13/h4-5,8,15H,2-3,6-7,9H2,1H3. The van der Waals surface area contributed by atoms with E-state index in [4.69, 9.17) is 4.74 Å². The average Bonchev–Trinajstić information content (AvgIpc) is 2.78. The third kappa shape index (κ3) is 1.80. The van der Waals surface area contributed by atoms with E-state index in [2.05, 4.69) is 0 Å². The van der Waals surface area contributed by atoms with Gasteiger partial charge in [-0.25, -0.2) is 4.39 Å². The van der Waals surface area contributed by atoms with Crippen LogP contribution in [0.15, 0.2) is 18.2 Å². The van der Waals surface area contributed by atoms with Crippen molar-refractivity contribution < 1.29 is 14.2 Å². The molecule has 0 heterocycles. The van der Waals surface area contributed by atoms with Crippen molar-refractivity contribution in [3.05, 3.63) is 29.6 Å². The van der Waals surface area contributed by atoms with Crippen molar-refractivity contribution in [2.75, 3.05) is 13.7 Å². The van der Waals surface area contributed by atoms with Crippen LogP contribution in [-0.4, -0.2) is 18.8 Å². The molecule has 1 fully saturated rings. The lowest BCUT2D eigenvalue weighted by Crippen LogP contribution is -2.28. The molecule has 1 saturated carbocycles. The lowest BCUT2D eigenvalue weighted by atomic mass is 9.79. The average molecular weight is 224 g/mol. The van der Waals surface area contributed by atoms with Crippen LogP contribution in [0.25, 0.3) is 0 Å². The summed E-state index contributed by atoms with van der Waals surface area (Å²) < 4.78 is 18.9. The van der Waals surface area contributed by atoms with Crippen LogP contribution in [0.1, 0.15) is 31.2 Å². The maximum atomic E-state index is 13.9. The predicted molar refractivity (Wildman–Crippen MR) is 60.2 cm³/mol. The predicted octanol–water partition coefficient (Wildman–Crippen LogP) is 2.64. The maximum Gasteiger partial charge on any atom is 0.130 e. The molecule has 2 nitrogen and oxygen atoms in total. The zero-order valence-corrected chi connectivity index (χ0v) is 9.50. The Morgan fingerprint density at radius 2 is 2.06 bits per heavy atom. The van der Waals surface area contributed by atoms with E-state index in [1.165, 1.54) is 13.2 Å². The van der Waals surface area contributed by atoms with Gasteiger partial charge in [0.2, 0.25) is 0 Å². The molecule has 0 unspecified atom stereocenters.